The first-order valence-electron chi connectivity index (χ1n) is 7.45. The van der Waals surface area contributed by atoms with E-state index in [1.54, 1.807) is 13.3 Å². The molecule has 5 nitrogen and oxygen atoms in total. The lowest BCUT2D eigenvalue weighted by Crippen LogP contribution is -2.21. The van der Waals surface area contributed by atoms with E-state index in [2.05, 4.69) is 46.1 Å². The van der Waals surface area contributed by atoms with Gasteiger partial charge in [-0.2, -0.15) is 5.10 Å². The van der Waals surface area contributed by atoms with Crippen LogP contribution in [0.25, 0.3) is 0 Å². The molecule has 0 aliphatic carbocycles. The largest absolute Gasteiger partial charge is 0.481 e. The zero-order chi connectivity index (χ0) is 15.2. The molecule has 0 radical (unpaired) electrons. The fourth-order valence-electron chi connectivity index (χ4n) is 2.54. The molecule has 2 aromatic rings. The number of nitrogens with one attached hydrogen (secondary N) is 1. The summed E-state index contributed by atoms with van der Waals surface area (Å²) in [6, 6.07) is 6.34. The Hall–Kier alpha value is -1.88. The number of likely N-dealkylation sites (N-methyl/N-ethyl adjacent to an activating group) is 1. The van der Waals surface area contributed by atoms with E-state index in [0.717, 1.165) is 30.6 Å². The average molecular weight is 288 g/mol. The lowest BCUT2D eigenvalue weighted by atomic mass is 10.0. The maximum Gasteiger partial charge on any atom is 0.217 e. The summed E-state index contributed by atoms with van der Waals surface area (Å²) >= 11 is 0. The Bertz CT molecular complexity index is 579. The minimum absolute atomic E-state index is 0.153. The van der Waals surface area contributed by atoms with Gasteiger partial charge in [0, 0.05) is 36.5 Å². The predicted octanol–water partition coefficient (Wildman–Crippen LogP) is 2.37. The molecule has 0 aliphatic rings. The minimum atomic E-state index is 0.153. The van der Waals surface area contributed by atoms with E-state index >= 15 is 0 Å². The summed E-state index contributed by atoms with van der Waals surface area (Å²) in [5.41, 5.74) is 3.45. The number of pyridine rings is 1. The van der Waals surface area contributed by atoms with Gasteiger partial charge in [0.25, 0.3) is 0 Å². The van der Waals surface area contributed by atoms with Crippen molar-refractivity contribution in [3.05, 3.63) is 41.3 Å². The number of methoxy groups -OCH3 is 1. The Balaban J connectivity index is 2.28. The summed E-state index contributed by atoms with van der Waals surface area (Å²) in [6.45, 7) is 5.14. The average Bonchev–Trinajstić information content (AvgIpc) is 2.94. The number of ether oxygens (including phenoxy) is 1. The fraction of sp³-hybridized carbons (Fsp3) is 0.500. The van der Waals surface area contributed by atoms with E-state index in [4.69, 9.17) is 4.74 Å². The van der Waals surface area contributed by atoms with Gasteiger partial charge in [-0.3, -0.25) is 4.68 Å². The third-order valence-corrected chi connectivity index (χ3v) is 3.71. The van der Waals surface area contributed by atoms with Crippen molar-refractivity contribution in [3.63, 3.8) is 0 Å². The normalized spacial score (nSPS) is 12.4. The molecule has 2 aromatic heterocycles. The van der Waals surface area contributed by atoms with E-state index in [9.17, 15) is 0 Å². The van der Waals surface area contributed by atoms with Crippen LogP contribution in [0.2, 0.25) is 0 Å². The fourth-order valence-corrected chi connectivity index (χ4v) is 2.54. The van der Waals surface area contributed by atoms with Gasteiger partial charge in [-0.1, -0.05) is 13.0 Å². The molecule has 1 N–H and O–H groups in total. The molecule has 2 rings (SSSR count). The van der Waals surface area contributed by atoms with Crippen LogP contribution >= 0.6 is 0 Å². The first-order valence-corrected chi connectivity index (χ1v) is 7.45. The van der Waals surface area contributed by atoms with Gasteiger partial charge in [0.15, 0.2) is 0 Å². The van der Waals surface area contributed by atoms with Crippen LogP contribution in [0.3, 0.4) is 0 Å². The molecule has 0 saturated carbocycles. The Kier molecular flexibility index (Phi) is 5.33. The lowest BCUT2D eigenvalue weighted by Gasteiger charge is -2.18. The number of rotatable bonds is 7. The van der Waals surface area contributed by atoms with Crippen LogP contribution in [0, 0.1) is 0 Å². The highest BCUT2D eigenvalue weighted by atomic mass is 16.5. The third-order valence-electron chi connectivity index (χ3n) is 3.71. The van der Waals surface area contributed by atoms with Gasteiger partial charge in [0.1, 0.15) is 0 Å². The third kappa shape index (κ3) is 3.42. The van der Waals surface area contributed by atoms with Crippen molar-refractivity contribution in [2.24, 2.45) is 0 Å². The molecule has 21 heavy (non-hydrogen) atoms. The molecule has 0 fully saturated rings. The molecule has 114 valence electrons. The molecule has 0 spiro atoms. The molecule has 0 aliphatic heterocycles. The summed E-state index contributed by atoms with van der Waals surface area (Å²) < 4.78 is 7.45. The van der Waals surface area contributed by atoms with E-state index < -0.39 is 0 Å². The van der Waals surface area contributed by atoms with Gasteiger partial charge >= 0.3 is 0 Å². The van der Waals surface area contributed by atoms with Gasteiger partial charge in [-0.05, 0) is 32.5 Å². The maximum atomic E-state index is 5.38. The van der Waals surface area contributed by atoms with Gasteiger partial charge < -0.3 is 10.1 Å². The summed E-state index contributed by atoms with van der Waals surface area (Å²) in [6.07, 6.45) is 3.57. The second-order valence-electron chi connectivity index (χ2n) is 4.94. The monoisotopic (exact) mass is 288 g/mol. The first kappa shape index (κ1) is 15.5. The molecule has 2 heterocycles. The van der Waals surface area contributed by atoms with Gasteiger partial charge in [-0.25, -0.2) is 4.98 Å². The Morgan fingerprint density at radius 2 is 2.19 bits per heavy atom. The predicted molar refractivity (Wildman–Crippen MR) is 83.6 cm³/mol. The van der Waals surface area contributed by atoms with E-state index in [1.165, 1.54) is 5.69 Å². The zero-order valence-corrected chi connectivity index (χ0v) is 13.3. The van der Waals surface area contributed by atoms with Crippen LogP contribution in [0.1, 0.15) is 36.8 Å². The van der Waals surface area contributed by atoms with Gasteiger partial charge in [-0.15, -0.1) is 0 Å². The Morgan fingerprint density at radius 1 is 1.38 bits per heavy atom. The molecule has 1 atom stereocenters. The second kappa shape index (κ2) is 7.22. The van der Waals surface area contributed by atoms with Gasteiger partial charge in [0.05, 0.1) is 12.8 Å². The topological polar surface area (TPSA) is 52.0 Å². The molecular weight excluding hydrogens is 264 g/mol. The van der Waals surface area contributed by atoms with Crippen molar-refractivity contribution in [2.75, 3.05) is 14.2 Å². The van der Waals surface area contributed by atoms with Crippen molar-refractivity contribution in [1.82, 2.24) is 20.1 Å². The lowest BCUT2D eigenvalue weighted by molar-refractivity contribution is 0.383. The zero-order valence-electron chi connectivity index (χ0n) is 13.3. The number of aryl methyl sites for hydroxylation is 2. The summed E-state index contributed by atoms with van der Waals surface area (Å²) in [5.74, 6) is 0.676. The van der Waals surface area contributed by atoms with Crippen molar-refractivity contribution in [3.8, 4) is 5.88 Å². The summed E-state index contributed by atoms with van der Waals surface area (Å²) in [7, 11) is 3.62. The summed E-state index contributed by atoms with van der Waals surface area (Å²) in [4.78, 5) is 4.29. The smallest absolute Gasteiger partial charge is 0.217 e. The Morgan fingerprint density at radius 3 is 2.81 bits per heavy atom. The standard InChI is InChI=1S/C16H24N4O/c1-5-12-10-13(20(6-2)19-12)11-15(17-3)14-8-7-9-18-16(14)21-4/h7-10,15,17H,5-6,11H2,1-4H3. The highest BCUT2D eigenvalue weighted by Crippen LogP contribution is 2.25. The van der Waals surface area contributed by atoms with Crippen molar-refractivity contribution < 1.29 is 4.74 Å². The molecule has 5 heteroatoms. The number of hydrogen-bond donors (Lipinski definition) is 1. The van der Waals surface area contributed by atoms with Crippen LogP contribution in [-0.2, 0) is 19.4 Å². The quantitative estimate of drug-likeness (QED) is 0.850. The first-order chi connectivity index (χ1) is 10.2. The molecule has 1 unspecified atom stereocenters. The molecular formula is C16H24N4O. The van der Waals surface area contributed by atoms with E-state index in [0.29, 0.717) is 5.88 Å². The van der Waals surface area contributed by atoms with Crippen LogP contribution in [0.15, 0.2) is 24.4 Å². The summed E-state index contributed by atoms with van der Waals surface area (Å²) in [5, 5.41) is 7.97. The highest BCUT2D eigenvalue weighted by molar-refractivity contribution is 5.30. The van der Waals surface area contributed by atoms with Crippen molar-refractivity contribution in [2.45, 2.75) is 39.3 Å². The number of nitrogens with zero attached hydrogens (tertiary/aromatic N) is 3. The van der Waals surface area contributed by atoms with Crippen LogP contribution < -0.4 is 10.1 Å². The van der Waals surface area contributed by atoms with Crippen LogP contribution in [0.4, 0.5) is 0 Å². The maximum absolute atomic E-state index is 5.38. The van der Waals surface area contributed by atoms with E-state index in [-0.39, 0.29) is 6.04 Å². The van der Waals surface area contributed by atoms with Crippen molar-refractivity contribution >= 4 is 0 Å². The SMILES string of the molecule is CCc1cc(CC(NC)c2cccnc2OC)n(CC)n1. The molecule has 0 aromatic carbocycles. The highest BCUT2D eigenvalue weighted by Gasteiger charge is 2.18. The van der Waals surface area contributed by atoms with Crippen LogP contribution in [0.5, 0.6) is 5.88 Å². The Labute approximate surface area is 126 Å². The second-order valence-corrected chi connectivity index (χ2v) is 4.94. The molecule has 0 bridgehead atoms. The minimum Gasteiger partial charge on any atom is -0.481 e. The van der Waals surface area contributed by atoms with E-state index in [1.807, 2.05) is 13.1 Å². The molecule has 0 amide bonds. The van der Waals surface area contributed by atoms with Gasteiger partial charge in [0.2, 0.25) is 5.88 Å². The van der Waals surface area contributed by atoms with Crippen molar-refractivity contribution in [1.29, 1.82) is 0 Å². The number of hydrogen-bond acceptors (Lipinski definition) is 4. The number of aromatic nitrogens is 3. The van der Waals surface area contributed by atoms with Crippen LogP contribution in [-0.4, -0.2) is 28.9 Å². The molecule has 0 saturated heterocycles.